The number of rotatable bonds is 3. The summed E-state index contributed by atoms with van der Waals surface area (Å²) in [4.78, 5) is 4.11. The Kier molecular flexibility index (Phi) is 2.28. The Bertz CT molecular complexity index is 390. The number of H-pyrrole nitrogens is 1. The van der Waals surface area contributed by atoms with Crippen LogP contribution in [-0.2, 0) is 7.05 Å². The molecule has 0 aliphatic rings. The molecule has 0 aliphatic carbocycles. The van der Waals surface area contributed by atoms with Crippen molar-refractivity contribution >= 4 is 0 Å². The van der Waals surface area contributed by atoms with Gasteiger partial charge in [-0.25, -0.2) is 4.98 Å². The molecule has 74 valence electrons. The molecule has 0 spiro atoms. The number of aromatic nitrogens is 5. The van der Waals surface area contributed by atoms with E-state index in [9.17, 15) is 0 Å². The SMILES string of the molecule is CNC(c1ncn[nH]1)c1ccnn1C. The smallest absolute Gasteiger partial charge is 0.147 e. The molecule has 2 heterocycles. The largest absolute Gasteiger partial charge is 0.305 e. The van der Waals surface area contributed by atoms with E-state index in [4.69, 9.17) is 0 Å². The van der Waals surface area contributed by atoms with Gasteiger partial charge < -0.3 is 5.32 Å². The fourth-order valence-electron chi connectivity index (χ4n) is 1.45. The van der Waals surface area contributed by atoms with Gasteiger partial charge in [0.1, 0.15) is 18.2 Å². The van der Waals surface area contributed by atoms with Gasteiger partial charge in [-0.3, -0.25) is 9.78 Å². The van der Waals surface area contributed by atoms with Gasteiger partial charge in [0, 0.05) is 13.2 Å². The molecule has 0 radical (unpaired) electrons. The van der Waals surface area contributed by atoms with Crippen LogP contribution in [0.25, 0.3) is 0 Å². The van der Waals surface area contributed by atoms with Crippen LogP contribution in [0.2, 0.25) is 0 Å². The molecule has 0 fully saturated rings. The van der Waals surface area contributed by atoms with E-state index in [2.05, 4.69) is 25.6 Å². The van der Waals surface area contributed by atoms with E-state index in [-0.39, 0.29) is 6.04 Å². The van der Waals surface area contributed by atoms with E-state index in [1.54, 1.807) is 6.20 Å². The number of hydrogen-bond acceptors (Lipinski definition) is 4. The fraction of sp³-hybridized carbons (Fsp3) is 0.375. The van der Waals surface area contributed by atoms with Crippen LogP contribution in [0.3, 0.4) is 0 Å². The molecule has 1 atom stereocenters. The maximum absolute atomic E-state index is 4.11. The highest BCUT2D eigenvalue weighted by Gasteiger charge is 2.17. The molecule has 0 aromatic carbocycles. The predicted molar refractivity (Wildman–Crippen MR) is 50.5 cm³/mol. The second-order valence-electron chi connectivity index (χ2n) is 2.97. The topological polar surface area (TPSA) is 71.4 Å². The summed E-state index contributed by atoms with van der Waals surface area (Å²) >= 11 is 0. The maximum Gasteiger partial charge on any atom is 0.147 e. The standard InChI is InChI=1S/C8H12N6/c1-9-7(8-10-5-11-13-8)6-3-4-12-14(6)2/h3-5,7,9H,1-2H3,(H,10,11,13). The van der Waals surface area contributed by atoms with Crippen molar-refractivity contribution in [1.29, 1.82) is 0 Å². The molecule has 0 amide bonds. The highest BCUT2D eigenvalue weighted by atomic mass is 15.3. The Balaban J connectivity index is 2.36. The van der Waals surface area contributed by atoms with Crippen LogP contribution in [-0.4, -0.2) is 32.0 Å². The van der Waals surface area contributed by atoms with Gasteiger partial charge in [-0.05, 0) is 13.1 Å². The lowest BCUT2D eigenvalue weighted by molar-refractivity contribution is 0.582. The number of aromatic amines is 1. The van der Waals surface area contributed by atoms with Crippen molar-refractivity contribution < 1.29 is 0 Å². The minimum absolute atomic E-state index is 0.00463. The molecule has 0 bridgehead atoms. The number of aryl methyl sites for hydroxylation is 1. The van der Waals surface area contributed by atoms with E-state index >= 15 is 0 Å². The summed E-state index contributed by atoms with van der Waals surface area (Å²) in [6.07, 6.45) is 3.26. The second-order valence-corrected chi connectivity index (χ2v) is 2.97. The first-order valence-electron chi connectivity index (χ1n) is 4.33. The molecule has 6 heteroatoms. The van der Waals surface area contributed by atoms with E-state index in [0.717, 1.165) is 11.5 Å². The molecule has 0 saturated carbocycles. The average molecular weight is 192 g/mol. The minimum Gasteiger partial charge on any atom is -0.305 e. The van der Waals surface area contributed by atoms with Crippen LogP contribution in [0, 0.1) is 0 Å². The predicted octanol–water partition coefficient (Wildman–Crippen LogP) is -0.153. The van der Waals surface area contributed by atoms with Crippen LogP contribution in [0.4, 0.5) is 0 Å². The zero-order valence-electron chi connectivity index (χ0n) is 8.10. The highest BCUT2D eigenvalue weighted by Crippen LogP contribution is 2.16. The number of nitrogens with zero attached hydrogens (tertiary/aromatic N) is 4. The van der Waals surface area contributed by atoms with Gasteiger partial charge in [-0.1, -0.05) is 0 Å². The molecule has 0 saturated heterocycles. The van der Waals surface area contributed by atoms with Crippen molar-refractivity contribution in [2.24, 2.45) is 7.05 Å². The molecule has 14 heavy (non-hydrogen) atoms. The Labute approximate surface area is 81.4 Å². The third kappa shape index (κ3) is 1.39. The Morgan fingerprint density at radius 2 is 2.43 bits per heavy atom. The summed E-state index contributed by atoms with van der Waals surface area (Å²) in [7, 11) is 3.77. The first kappa shape index (κ1) is 8.89. The summed E-state index contributed by atoms with van der Waals surface area (Å²) in [6, 6.07) is 1.95. The lowest BCUT2D eigenvalue weighted by Crippen LogP contribution is -2.21. The molecular formula is C8H12N6. The van der Waals surface area contributed by atoms with Gasteiger partial charge in [0.2, 0.25) is 0 Å². The Morgan fingerprint density at radius 1 is 1.57 bits per heavy atom. The molecule has 6 nitrogen and oxygen atoms in total. The molecule has 2 N–H and O–H groups in total. The Hall–Kier alpha value is -1.69. The lowest BCUT2D eigenvalue weighted by Gasteiger charge is -2.12. The zero-order chi connectivity index (χ0) is 9.97. The van der Waals surface area contributed by atoms with Crippen LogP contribution in [0.1, 0.15) is 17.6 Å². The summed E-state index contributed by atoms with van der Waals surface area (Å²) in [6.45, 7) is 0. The van der Waals surface area contributed by atoms with Crippen molar-refractivity contribution in [3.63, 3.8) is 0 Å². The normalized spacial score (nSPS) is 13.0. The minimum atomic E-state index is 0.00463. The van der Waals surface area contributed by atoms with Crippen molar-refractivity contribution in [3.05, 3.63) is 30.1 Å². The summed E-state index contributed by atoms with van der Waals surface area (Å²) < 4.78 is 1.81. The third-order valence-corrected chi connectivity index (χ3v) is 2.15. The molecular weight excluding hydrogens is 180 g/mol. The van der Waals surface area contributed by atoms with Gasteiger partial charge in [0.25, 0.3) is 0 Å². The van der Waals surface area contributed by atoms with Crippen molar-refractivity contribution in [2.75, 3.05) is 7.05 Å². The van der Waals surface area contributed by atoms with Crippen LogP contribution >= 0.6 is 0 Å². The van der Waals surface area contributed by atoms with E-state index in [1.165, 1.54) is 6.33 Å². The third-order valence-electron chi connectivity index (χ3n) is 2.15. The van der Waals surface area contributed by atoms with Gasteiger partial charge in [-0.2, -0.15) is 10.2 Å². The molecule has 0 aliphatic heterocycles. The zero-order valence-corrected chi connectivity index (χ0v) is 8.10. The summed E-state index contributed by atoms with van der Waals surface area (Å²) in [5, 5.41) is 13.9. The molecule has 1 unspecified atom stereocenters. The maximum atomic E-state index is 4.11. The van der Waals surface area contributed by atoms with E-state index < -0.39 is 0 Å². The molecule has 2 rings (SSSR count). The van der Waals surface area contributed by atoms with Gasteiger partial charge >= 0.3 is 0 Å². The van der Waals surface area contributed by atoms with Crippen molar-refractivity contribution in [3.8, 4) is 0 Å². The van der Waals surface area contributed by atoms with E-state index in [1.807, 2.05) is 24.8 Å². The molecule has 2 aromatic rings. The Morgan fingerprint density at radius 3 is 2.93 bits per heavy atom. The van der Waals surface area contributed by atoms with Crippen molar-refractivity contribution in [1.82, 2.24) is 30.3 Å². The van der Waals surface area contributed by atoms with Crippen LogP contribution < -0.4 is 5.32 Å². The first-order valence-corrected chi connectivity index (χ1v) is 4.33. The number of nitrogens with one attached hydrogen (secondary N) is 2. The fourth-order valence-corrected chi connectivity index (χ4v) is 1.45. The van der Waals surface area contributed by atoms with Crippen molar-refractivity contribution in [2.45, 2.75) is 6.04 Å². The monoisotopic (exact) mass is 192 g/mol. The summed E-state index contributed by atoms with van der Waals surface area (Å²) in [5.41, 5.74) is 1.05. The average Bonchev–Trinajstić information content (AvgIpc) is 2.80. The van der Waals surface area contributed by atoms with Crippen LogP contribution in [0.5, 0.6) is 0 Å². The van der Waals surface area contributed by atoms with E-state index in [0.29, 0.717) is 0 Å². The second kappa shape index (κ2) is 3.59. The van der Waals surface area contributed by atoms with Gasteiger partial charge in [-0.15, -0.1) is 0 Å². The highest BCUT2D eigenvalue weighted by molar-refractivity contribution is 5.15. The van der Waals surface area contributed by atoms with Crippen LogP contribution in [0.15, 0.2) is 18.6 Å². The number of hydrogen-bond donors (Lipinski definition) is 2. The first-order chi connectivity index (χ1) is 6.83. The van der Waals surface area contributed by atoms with Gasteiger partial charge in [0.05, 0.1) is 5.69 Å². The lowest BCUT2D eigenvalue weighted by atomic mass is 10.2. The van der Waals surface area contributed by atoms with Gasteiger partial charge in [0.15, 0.2) is 0 Å². The quantitative estimate of drug-likeness (QED) is 0.709. The summed E-state index contributed by atoms with van der Waals surface area (Å²) in [5.74, 6) is 0.788. The molecule has 2 aromatic heterocycles.